The number of carbonyl (C=O) groups excluding carboxylic acids is 2. The number of aromatic nitrogens is 2. The summed E-state index contributed by atoms with van der Waals surface area (Å²) >= 11 is 1.46. The second-order valence-corrected chi connectivity index (χ2v) is 8.47. The van der Waals surface area contributed by atoms with Crippen molar-refractivity contribution in [1.29, 1.82) is 0 Å². The van der Waals surface area contributed by atoms with E-state index in [1.165, 1.54) is 23.7 Å². The lowest BCUT2D eigenvalue weighted by molar-refractivity contribution is 0.0635. The summed E-state index contributed by atoms with van der Waals surface area (Å²) in [7, 11) is 0. The maximum absolute atomic E-state index is 12.6. The molecule has 0 bridgehead atoms. The van der Waals surface area contributed by atoms with E-state index in [4.69, 9.17) is 4.74 Å². The van der Waals surface area contributed by atoms with Crippen LogP contribution in [0, 0.1) is 0 Å². The van der Waals surface area contributed by atoms with Crippen LogP contribution in [0.2, 0.25) is 0 Å². The van der Waals surface area contributed by atoms with Crippen LogP contribution in [0.15, 0.2) is 41.5 Å². The molecular formula is C20H22N4O4S. The molecule has 29 heavy (non-hydrogen) atoms. The number of rotatable bonds is 4. The molecule has 0 radical (unpaired) electrons. The lowest BCUT2D eigenvalue weighted by atomic mass is 10.2. The van der Waals surface area contributed by atoms with Crippen LogP contribution >= 0.6 is 11.3 Å². The van der Waals surface area contributed by atoms with Crippen LogP contribution in [0.5, 0.6) is 0 Å². The van der Waals surface area contributed by atoms with Crippen molar-refractivity contribution in [2.24, 2.45) is 0 Å². The van der Waals surface area contributed by atoms with Crippen LogP contribution < -0.4 is 16.3 Å². The average molecular weight is 414 g/mol. The first-order valence-corrected chi connectivity index (χ1v) is 9.89. The Morgan fingerprint density at radius 2 is 2.00 bits per heavy atom. The second-order valence-electron chi connectivity index (χ2n) is 7.35. The van der Waals surface area contributed by atoms with Crippen molar-refractivity contribution >= 4 is 39.2 Å². The third-order valence-corrected chi connectivity index (χ3v) is 5.03. The van der Waals surface area contributed by atoms with E-state index in [0.29, 0.717) is 15.9 Å². The molecule has 9 heteroatoms. The Bertz CT molecular complexity index is 1130. The van der Waals surface area contributed by atoms with Gasteiger partial charge in [0.1, 0.15) is 16.8 Å². The summed E-state index contributed by atoms with van der Waals surface area (Å²) in [5.41, 5.74) is 2.22. The van der Waals surface area contributed by atoms with E-state index in [9.17, 15) is 14.4 Å². The molecule has 1 aromatic carbocycles. The van der Waals surface area contributed by atoms with Gasteiger partial charge in [-0.05, 0) is 51.5 Å². The molecule has 2 aromatic heterocycles. The number of aryl methyl sites for hydroxylation is 1. The molecule has 2 N–H and O–H groups in total. The van der Waals surface area contributed by atoms with E-state index in [1.807, 2.05) is 6.92 Å². The lowest BCUT2D eigenvalue weighted by Gasteiger charge is -2.19. The van der Waals surface area contributed by atoms with Gasteiger partial charge in [0, 0.05) is 16.1 Å². The molecule has 0 aliphatic carbocycles. The average Bonchev–Trinajstić information content (AvgIpc) is 3.07. The number of benzene rings is 1. The van der Waals surface area contributed by atoms with E-state index in [2.05, 4.69) is 15.7 Å². The fourth-order valence-electron chi connectivity index (χ4n) is 2.56. The Morgan fingerprint density at radius 3 is 2.69 bits per heavy atom. The van der Waals surface area contributed by atoms with Gasteiger partial charge in [0.15, 0.2) is 0 Å². The van der Waals surface area contributed by atoms with Crippen molar-refractivity contribution < 1.29 is 14.3 Å². The topological polar surface area (TPSA) is 102 Å². The Morgan fingerprint density at radius 1 is 1.24 bits per heavy atom. The van der Waals surface area contributed by atoms with Gasteiger partial charge in [-0.2, -0.15) is 0 Å². The van der Waals surface area contributed by atoms with Gasteiger partial charge < -0.3 is 4.74 Å². The van der Waals surface area contributed by atoms with Crippen molar-refractivity contribution in [3.05, 3.63) is 57.5 Å². The Hall–Kier alpha value is -3.20. The number of nitrogens with zero attached hydrogens (tertiary/aromatic N) is 2. The number of amides is 2. The molecule has 0 unspecified atom stereocenters. The number of thiophene rings is 1. The quantitative estimate of drug-likeness (QED) is 0.677. The van der Waals surface area contributed by atoms with Gasteiger partial charge in [0.2, 0.25) is 0 Å². The maximum Gasteiger partial charge on any atom is 0.412 e. The number of anilines is 1. The van der Waals surface area contributed by atoms with Crippen LogP contribution in [0.25, 0.3) is 10.2 Å². The normalized spacial score (nSPS) is 11.3. The number of carbonyl (C=O) groups is 2. The van der Waals surface area contributed by atoms with E-state index in [1.54, 1.807) is 45.0 Å². The molecule has 2 amide bonds. The number of hydrogen-bond donors (Lipinski definition) is 2. The molecule has 3 aromatic rings. The van der Waals surface area contributed by atoms with Gasteiger partial charge in [-0.1, -0.05) is 13.0 Å². The van der Waals surface area contributed by atoms with Crippen molar-refractivity contribution in [2.75, 3.05) is 10.7 Å². The monoisotopic (exact) mass is 414 g/mol. The first kappa shape index (κ1) is 20.5. The number of ether oxygens (including phenoxy) is 1. The van der Waals surface area contributed by atoms with E-state index < -0.39 is 17.6 Å². The zero-order valence-electron chi connectivity index (χ0n) is 16.6. The fourth-order valence-corrected chi connectivity index (χ4v) is 3.49. The molecule has 0 spiro atoms. The summed E-state index contributed by atoms with van der Waals surface area (Å²) in [4.78, 5) is 43.0. The molecule has 0 saturated heterocycles. The molecule has 3 rings (SSSR count). The molecule has 152 valence electrons. The standard InChI is InChI=1S/C20H22N4O4S/c1-5-14-10-15-17(29-14)21-11-24(18(15)26)23-16(25)12-7-6-8-13(9-12)22-19(27)28-20(2,3)4/h6-11H,5H2,1-4H3,(H,22,27)(H,23,25). The smallest absolute Gasteiger partial charge is 0.412 e. The largest absolute Gasteiger partial charge is 0.444 e. The highest BCUT2D eigenvalue weighted by Crippen LogP contribution is 2.21. The number of nitrogens with one attached hydrogen (secondary N) is 2. The van der Waals surface area contributed by atoms with Crippen molar-refractivity contribution in [3.8, 4) is 0 Å². The molecule has 2 heterocycles. The second kappa shape index (κ2) is 8.04. The van der Waals surface area contributed by atoms with Crippen LogP contribution in [-0.4, -0.2) is 27.3 Å². The zero-order valence-corrected chi connectivity index (χ0v) is 17.4. The van der Waals surface area contributed by atoms with Crippen LogP contribution in [0.3, 0.4) is 0 Å². The van der Waals surface area contributed by atoms with Crippen molar-refractivity contribution in [1.82, 2.24) is 9.66 Å². The van der Waals surface area contributed by atoms with E-state index in [-0.39, 0.29) is 11.1 Å². The van der Waals surface area contributed by atoms with Crippen molar-refractivity contribution in [3.63, 3.8) is 0 Å². The molecule has 0 atom stereocenters. The van der Waals surface area contributed by atoms with Gasteiger partial charge in [-0.25, -0.2) is 14.5 Å². The molecule has 0 fully saturated rings. The lowest BCUT2D eigenvalue weighted by Crippen LogP contribution is -2.33. The molecule has 8 nitrogen and oxygen atoms in total. The summed E-state index contributed by atoms with van der Waals surface area (Å²) in [6, 6.07) is 8.13. The van der Waals surface area contributed by atoms with Crippen LogP contribution in [0.4, 0.5) is 10.5 Å². The third-order valence-electron chi connectivity index (χ3n) is 3.84. The summed E-state index contributed by atoms with van der Waals surface area (Å²) in [5.74, 6) is -0.507. The fraction of sp³-hybridized carbons (Fsp3) is 0.300. The Labute approximate surface area is 171 Å². The Kier molecular flexibility index (Phi) is 5.69. The molecule has 0 aliphatic rings. The minimum Gasteiger partial charge on any atom is -0.444 e. The predicted molar refractivity (Wildman–Crippen MR) is 113 cm³/mol. The minimum atomic E-state index is -0.634. The SMILES string of the molecule is CCc1cc2c(=O)n(NC(=O)c3cccc(NC(=O)OC(C)(C)C)c3)cnc2s1. The first-order valence-electron chi connectivity index (χ1n) is 9.08. The summed E-state index contributed by atoms with van der Waals surface area (Å²) < 4.78 is 6.26. The highest BCUT2D eigenvalue weighted by molar-refractivity contribution is 7.18. The van der Waals surface area contributed by atoms with Gasteiger partial charge in [0.05, 0.1) is 5.39 Å². The van der Waals surface area contributed by atoms with E-state index in [0.717, 1.165) is 16.0 Å². The highest BCUT2D eigenvalue weighted by Gasteiger charge is 2.17. The van der Waals surface area contributed by atoms with Crippen molar-refractivity contribution in [2.45, 2.75) is 39.7 Å². The third kappa shape index (κ3) is 5.00. The van der Waals surface area contributed by atoms with E-state index >= 15 is 0 Å². The van der Waals surface area contributed by atoms with Crippen LogP contribution in [0.1, 0.15) is 42.9 Å². The van der Waals surface area contributed by atoms with Gasteiger partial charge >= 0.3 is 6.09 Å². The maximum atomic E-state index is 12.6. The summed E-state index contributed by atoms with van der Waals surface area (Å²) in [6.45, 7) is 7.28. The number of fused-ring (bicyclic) bond motifs is 1. The Balaban J connectivity index is 1.77. The van der Waals surface area contributed by atoms with Gasteiger partial charge in [0.25, 0.3) is 11.5 Å². The summed E-state index contributed by atoms with van der Waals surface area (Å²) in [5, 5.41) is 3.05. The molecular weight excluding hydrogens is 392 g/mol. The highest BCUT2D eigenvalue weighted by atomic mass is 32.1. The first-order chi connectivity index (χ1) is 13.7. The summed E-state index contributed by atoms with van der Waals surface area (Å²) in [6.07, 6.45) is 1.48. The van der Waals surface area contributed by atoms with Gasteiger partial charge in [-0.3, -0.25) is 20.3 Å². The molecule has 0 saturated carbocycles. The predicted octanol–water partition coefficient (Wildman–Crippen LogP) is 3.75. The molecule has 0 aliphatic heterocycles. The minimum absolute atomic E-state index is 0.269. The van der Waals surface area contributed by atoms with Crippen LogP contribution in [-0.2, 0) is 11.2 Å². The van der Waals surface area contributed by atoms with Gasteiger partial charge in [-0.15, -0.1) is 11.3 Å². The number of hydrogen-bond acceptors (Lipinski definition) is 6. The zero-order chi connectivity index (χ0) is 21.2.